The molecule has 1 aromatic heterocycles. The summed E-state index contributed by atoms with van der Waals surface area (Å²) in [4.78, 5) is 29.6. The van der Waals surface area contributed by atoms with E-state index in [-0.39, 0.29) is 11.9 Å². The highest BCUT2D eigenvalue weighted by Gasteiger charge is 2.66. The van der Waals surface area contributed by atoms with Crippen LogP contribution in [-0.4, -0.2) is 33.9 Å². The minimum Gasteiger partial charge on any atom is -0.481 e. The maximum atomic E-state index is 12.7. The Bertz CT molecular complexity index is 542. The summed E-state index contributed by atoms with van der Waals surface area (Å²) in [7, 11) is 1.75. The molecule has 21 heavy (non-hydrogen) atoms. The fourth-order valence-electron chi connectivity index (χ4n) is 3.25. The highest BCUT2D eigenvalue weighted by atomic mass is 16.4. The third-order valence-corrected chi connectivity index (χ3v) is 4.65. The van der Waals surface area contributed by atoms with Crippen LogP contribution in [0.1, 0.15) is 38.8 Å². The minimum atomic E-state index is -0.885. The number of amides is 1. The van der Waals surface area contributed by atoms with E-state index >= 15 is 0 Å². The predicted octanol–water partition coefficient (Wildman–Crippen LogP) is 2.35. The monoisotopic (exact) mass is 290 g/mol. The number of carboxylic acids is 1. The van der Waals surface area contributed by atoms with Crippen molar-refractivity contribution in [2.75, 3.05) is 7.05 Å². The molecule has 1 aromatic rings. The maximum Gasteiger partial charge on any atom is 0.307 e. The second kappa shape index (κ2) is 5.47. The summed E-state index contributed by atoms with van der Waals surface area (Å²) in [6.45, 7) is 5.70. The highest BCUT2D eigenvalue weighted by Crippen LogP contribution is 2.59. The zero-order valence-corrected chi connectivity index (χ0v) is 12.9. The van der Waals surface area contributed by atoms with Crippen molar-refractivity contribution in [3.05, 3.63) is 30.1 Å². The van der Waals surface area contributed by atoms with E-state index in [0.29, 0.717) is 0 Å². The van der Waals surface area contributed by atoms with E-state index in [1.807, 2.05) is 32.9 Å². The first-order valence-electron chi connectivity index (χ1n) is 7.21. The second-order valence-corrected chi connectivity index (χ2v) is 6.27. The van der Waals surface area contributed by atoms with Crippen LogP contribution < -0.4 is 0 Å². The van der Waals surface area contributed by atoms with Crippen LogP contribution in [0, 0.1) is 17.3 Å². The first-order valence-corrected chi connectivity index (χ1v) is 7.21. The lowest BCUT2D eigenvalue weighted by Crippen LogP contribution is -2.33. The van der Waals surface area contributed by atoms with E-state index in [0.717, 1.165) is 12.0 Å². The summed E-state index contributed by atoms with van der Waals surface area (Å²) in [6, 6.07) is 3.74. The van der Waals surface area contributed by atoms with Crippen molar-refractivity contribution in [1.82, 2.24) is 9.88 Å². The van der Waals surface area contributed by atoms with Crippen LogP contribution in [0.5, 0.6) is 0 Å². The van der Waals surface area contributed by atoms with Crippen molar-refractivity contribution in [3.8, 4) is 0 Å². The zero-order valence-electron chi connectivity index (χ0n) is 12.9. The molecule has 0 bridgehead atoms. The molecule has 1 aliphatic rings. The van der Waals surface area contributed by atoms with Crippen molar-refractivity contribution in [2.45, 2.75) is 33.2 Å². The van der Waals surface area contributed by atoms with Crippen molar-refractivity contribution in [1.29, 1.82) is 0 Å². The Morgan fingerprint density at radius 1 is 1.33 bits per heavy atom. The van der Waals surface area contributed by atoms with Gasteiger partial charge in [0.1, 0.15) is 0 Å². The van der Waals surface area contributed by atoms with Crippen LogP contribution >= 0.6 is 0 Å². The van der Waals surface area contributed by atoms with Gasteiger partial charge in [0.2, 0.25) is 5.91 Å². The minimum absolute atomic E-state index is 0.0497. The highest BCUT2D eigenvalue weighted by molar-refractivity contribution is 5.91. The van der Waals surface area contributed by atoms with Gasteiger partial charge in [0.15, 0.2) is 0 Å². The second-order valence-electron chi connectivity index (χ2n) is 6.27. The van der Waals surface area contributed by atoms with Gasteiger partial charge in [-0.1, -0.05) is 20.8 Å². The van der Waals surface area contributed by atoms with Crippen LogP contribution in [0.3, 0.4) is 0 Å². The van der Waals surface area contributed by atoms with E-state index in [1.165, 1.54) is 0 Å². The molecular weight excluding hydrogens is 268 g/mol. The van der Waals surface area contributed by atoms with Gasteiger partial charge in [0.05, 0.1) is 17.9 Å². The van der Waals surface area contributed by atoms with Gasteiger partial charge >= 0.3 is 5.97 Å². The normalized spacial score (nSPS) is 24.2. The molecule has 1 aliphatic carbocycles. The number of rotatable bonds is 5. The first kappa shape index (κ1) is 15.5. The van der Waals surface area contributed by atoms with E-state index < -0.39 is 23.2 Å². The largest absolute Gasteiger partial charge is 0.481 e. The fraction of sp³-hybridized carbons (Fsp3) is 0.562. The standard InChI is InChI=1S/C16H22N2O3/c1-5-11(10-6-8-17-9-7-10)18(4)14(19)12-13(15(20)21)16(12,2)3/h6-9,11-13H,5H2,1-4H3,(H,20,21)/t11?,12-,13+/m0/s1. The molecule has 5 nitrogen and oxygen atoms in total. The van der Waals surface area contributed by atoms with Crippen LogP contribution in [0.2, 0.25) is 0 Å². The summed E-state index contributed by atoms with van der Waals surface area (Å²) in [5.41, 5.74) is 0.557. The summed E-state index contributed by atoms with van der Waals surface area (Å²) < 4.78 is 0. The third kappa shape index (κ3) is 2.64. The number of carboxylic acid groups (broad SMARTS) is 1. The smallest absolute Gasteiger partial charge is 0.307 e. The SMILES string of the molecule is CCC(c1ccncc1)N(C)C(=O)[C@@H]1[C@H](C(=O)O)C1(C)C. The lowest BCUT2D eigenvalue weighted by molar-refractivity contribution is -0.142. The topological polar surface area (TPSA) is 70.5 Å². The van der Waals surface area contributed by atoms with E-state index in [2.05, 4.69) is 4.98 Å². The number of aliphatic carboxylic acids is 1. The lowest BCUT2D eigenvalue weighted by Gasteiger charge is -2.28. The molecule has 114 valence electrons. The van der Waals surface area contributed by atoms with E-state index in [4.69, 9.17) is 0 Å². The Hall–Kier alpha value is -1.91. The van der Waals surface area contributed by atoms with Gasteiger partial charge in [0, 0.05) is 19.4 Å². The van der Waals surface area contributed by atoms with Gasteiger partial charge in [-0.3, -0.25) is 14.6 Å². The molecule has 0 spiro atoms. The predicted molar refractivity (Wildman–Crippen MR) is 78.4 cm³/mol. The quantitative estimate of drug-likeness (QED) is 0.903. The number of aromatic nitrogens is 1. The molecular formula is C16H22N2O3. The number of carbonyl (C=O) groups excluding carboxylic acids is 1. The maximum absolute atomic E-state index is 12.7. The Kier molecular flexibility index (Phi) is 4.03. The summed E-state index contributed by atoms with van der Waals surface area (Å²) in [5, 5.41) is 9.22. The molecule has 0 aromatic carbocycles. The first-order chi connectivity index (χ1) is 9.82. The average molecular weight is 290 g/mol. The molecule has 5 heteroatoms. The molecule has 1 saturated carbocycles. The lowest BCUT2D eigenvalue weighted by atomic mass is 10.0. The molecule has 1 fully saturated rings. The third-order valence-electron chi connectivity index (χ3n) is 4.65. The molecule has 3 atom stereocenters. The molecule has 1 N–H and O–H groups in total. The van der Waals surface area contributed by atoms with Crippen molar-refractivity contribution in [3.63, 3.8) is 0 Å². The summed E-state index contributed by atoms with van der Waals surface area (Å²) in [6.07, 6.45) is 4.19. The Morgan fingerprint density at radius 3 is 2.33 bits per heavy atom. The Labute approximate surface area is 125 Å². The molecule has 0 aliphatic heterocycles. The fourth-order valence-corrected chi connectivity index (χ4v) is 3.25. The van der Waals surface area contributed by atoms with Gasteiger partial charge in [0.25, 0.3) is 0 Å². The van der Waals surface area contributed by atoms with Crippen LogP contribution in [0.15, 0.2) is 24.5 Å². The number of pyridine rings is 1. The summed E-state index contributed by atoms with van der Waals surface area (Å²) in [5.74, 6) is -1.99. The Morgan fingerprint density at radius 2 is 1.90 bits per heavy atom. The molecule has 2 rings (SSSR count). The van der Waals surface area contributed by atoms with Crippen LogP contribution in [-0.2, 0) is 9.59 Å². The molecule has 1 amide bonds. The van der Waals surface area contributed by atoms with Crippen molar-refractivity contribution in [2.24, 2.45) is 17.3 Å². The van der Waals surface area contributed by atoms with Crippen molar-refractivity contribution < 1.29 is 14.7 Å². The molecule has 1 unspecified atom stereocenters. The molecule has 0 saturated heterocycles. The van der Waals surface area contributed by atoms with E-state index in [9.17, 15) is 14.7 Å². The van der Waals surface area contributed by atoms with E-state index in [1.54, 1.807) is 24.3 Å². The van der Waals surface area contributed by atoms with Crippen LogP contribution in [0.25, 0.3) is 0 Å². The summed E-state index contributed by atoms with van der Waals surface area (Å²) >= 11 is 0. The van der Waals surface area contributed by atoms with Gasteiger partial charge in [-0.15, -0.1) is 0 Å². The van der Waals surface area contributed by atoms with Gasteiger partial charge in [-0.25, -0.2) is 0 Å². The zero-order chi connectivity index (χ0) is 15.8. The number of hydrogen-bond acceptors (Lipinski definition) is 3. The van der Waals surface area contributed by atoms with Crippen molar-refractivity contribution >= 4 is 11.9 Å². The number of nitrogens with zero attached hydrogens (tertiary/aromatic N) is 2. The Balaban J connectivity index is 2.18. The number of carbonyl (C=O) groups is 2. The molecule has 0 radical (unpaired) electrons. The average Bonchev–Trinajstić information content (AvgIpc) is 3.03. The van der Waals surface area contributed by atoms with Gasteiger partial charge < -0.3 is 10.0 Å². The van der Waals surface area contributed by atoms with Gasteiger partial charge in [-0.05, 0) is 29.5 Å². The van der Waals surface area contributed by atoms with Crippen LogP contribution in [0.4, 0.5) is 0 Å². The van der Waals surface area contributed by atoms with Gasteiger partial charge in [-0.2, -0.15) is 0 Å². The molecule has 1 heterocycles. The number of hydrogen-bond donors (Lipinski definition) is 1.